The molecule has 0 aliphatic heterocycles. The van der Waals surface area contributed by atoms with E-state index < -0.39 is 17.5 Å². The average molecular weight is 265 g/mol. The van der Waals surface area contributed by atoms with Crippen molar-refractivity contribution in [2.24, 2.45) is 0 Å². The summed E-state index contributed by atoms with van der Waals surface area (Å²) in [7, 11) is 0. The Morgan fingerprint density at radius 2 is 2.38 bits per heavy atom. The van der Waals surface area contributed by atoms with Crippen molar-refractivity contribution in [1.82, 2.24) is 0 Å². The number of halogens is 1. The Balaban J connectivity index is 2.70. The van der Waals surface area contributed by atoms with Crippen LogP contribution in [0.5, 0.6) is 0 Å². The lowest BCUT2D eigenvalue weighted by Crippen LogP contribution is -2.08. The average Bonchev–Trinajstić information content (AvgIpc) is 2.20. The van der Waals surface area contributed by atoms with Gasteiger partial charge in [-0.15, -0.1) is 0 Å². The van der Waals surface area contributed by atoms with Gasteiger partial charge in [0, 0.05) is 0 Å². The van der Waals surface area contributed by atoms with E-state index >= 15 is 0 Å². The van der Waals surface area contributed by atoms with Gasteiger partial charge in [0.15, 0.2) is 0 Å². The molecule has 1 unspecified atom stereocenters. The molecule has 0 aliphatic rings. The van der Waals surface area contributed by atoms with Gasteiger partial charge in [-0.1, -0.05) is 17.7 Å². The lowest BCUT2D eigenvalue weighted by molar-refractivity contribution is 0.199. The molecule has 1 aromatic rings. The number of aliphatic hydroxyl groups excluding tert-OH is 1. The number of benzene rings is 1. The molecule has 0 bridgehead atoms. The minimum atomic E-state index is -2.56. The second-order valence-electron chi connectivity index (χ2n) is 3.06. The van der Waals surface area contributed by atoms with Crippen molar-refractivity contribution in [2.75, 3.05) is 12.0 Å². The van der Waals surface area contributed by atoms with E-state index in [4.69, 9.17) is 11.6 Å². The number of aliphatic hydroxyl groups is 1. The summed E-state index contributed by atoms with van der Waals surface area (Å²) in [6.07, 6.45) is -0.618. The summed E-state index contributed by atoms with van der Waals surface area (Å²) in [5, 5.41) is 12.5. The number of anilines is 1. The predicted molar refractivity (Wildman–Crippen MR) is 60.6 cm³/mol. The fraction of sp³-hybridized carbons (Fsp3) is 0.333. The first kappa shape index (κ1) is 13.4. The molecule has 5 nitrogen and oxygen atoms in total. The third kappa shape index (κ3) is 4.07. The first-order valence-corrected chi connectivity index (χ1v) is 5.82. The van der Waals surface area contributed by atoms with Gasteiger partial charge in [0.25, 0.3) is 0 Å². The van der Waals surface area contributed by atoms with Crippen LogP contribution >= 0.6 is 11.6 Å². The molecule has 2 atom stereocenters. The normalized spacial score (nSPS) is 14.5. The van der Waals surface area contributed by atoms with Crippen LogP contribution in [0.4, 0.5) is 5.69 Å². The first-order chi connectivity index (χ1) is 7.50. The number of hydrogen-bond acceptors (Lipinski definition) is 5. The van der Waals surface area contributed by atoms with Crippen molar-refractivity contribution in [3.63, 3.8) is 0 Å². The van der Waals surface area contributed by atoms with E-state index in [0.29, 0.717) is 16.3 Å². The molecule has 0 aliphatic carbocycles. The van der Waals surface area contributed by atoms with Crippen LogP contribution in [0.3, 0.4) is 0 Å². The van der Waals surface area contributed by atoms with Gasteiger partial charge >= 0.3 is 0 Å². The van der Waals surface area contributed by atoms with Gasteiger partial charge in [-0.25, -0.2) is 4.21 Å². The van der Waals surface area contributed by atoms with Gasteiger partial charge < -0.3 is 15.0 Å². The summed E-state index contributed by atoms with van der Waals surface area (Å²) in [6.45, 7) is 1.41. The van der Waals surface area contributed by atoms with Gasteiger partial charge in [0.2, 0.25) is 0 Å². The highest BCUT2D eigenvalue weighted by atomic mass is 35.5. The van der Waals surface area contributed by atoms with E-state index in [2.05, 4.69) is 9.50 Å². The summed E-state index contributed by atoms with van der Waals surface area (Å²) in [5.41, 5.74) is 1.18. The molecule has 0 aromatic heterocycles. The van der Waals surface area contributed by atoms with Crippen LogP contribution in [0, 0.1) is 0 Å². The summed E-state index contributed by atoms with van der Waals surface area (Å²) < 4.78 is 24.5. The van der Waals surface area contributed by atoms with E-state index in [9.17, 15) is 13.9 Å². The van der Waals surface area contributed by atoms with E-state index in [1.165, 1.54) is 0 Å². The summed E-state index contributed by atoms with van der Waals surface area (Å²) in [5.74, 6) is 0. The van der Waals surface area contributed by atoms with Gasteiger partial charge in [-0.05, 0) is 24.6 Å². The molecule has 90 valence electrons. The molecule has 1 aromatic carbocycles. The molecule has 0 saturated heterocycles. The highest BCUT2D eigenvalue weighted by Crippen LogP contribution is 2.25. The topological polar surface area (TPSA) is 81.6 Å². The zero-order chi connectivity index (χ0) is 12.1. The summed E-state index contributed by atoms with van der Waals surface area (Å²) >= 11 is 3.30. The molecule has 0 spiro atoms. The molecule has 0 saturated carbocycles. The van der Waals surface area contributed by atoms with Gasteiger partial charge in [0.1, 0.15) is 6.73 Å². The number of hydrogen-bond donors (Lipinski definition) is 2. The zero-order valence-corrected chi connectivity index (χ0v) is 10.0. The van der Waals surface area contributed by atoms with Crippen LogP contribution in [0.25, 0.3) is 0 Å². The third-order valence-corrected chi connectivity index (χ3v) is 2.53. The SMILES string of the molecule is C[C@@H](O)c1ccc(Cl)c(NCOS(=O)[O-])c1. The van der Waals surface area contributed by atoms with E-state index in [1.54, 1.807) is 25.1 Å². The van der Waals surface area contributed by atoms with Crippen LogP contribution in [-0.2, 0) is 15.5 Å². The Morgan fingerprint density at radius 1 is 1.69 bits per heavy atom. The quantitative estimate of drug-likeness (QED) is 0.623. The molecule has 0 heterocycles. The minimum absolute atomic E-state index is 0.209. The second kappa shape index (κ2) is 6.17. The Labute approximate surface area is 101 Å². The van der Waals surface area contributed by atoms with Crippen molar-refractivity contribution in [3.05, 3.63) is 28.8 Å². The lowest BCUT2D eigenvalue weighted by Gasteiger charge is -2.12. The molecule has 0 fully saturated rings. The highest BCUT2D eigenvalue weighted by Gasteiger charge is 2.05. The van der Waals surface area contributed by atoms with Crippen LogP contribution in [0.2, 0.25) is 5.02 Å². The fourth-order valence-electron chi connectivity index (χ4n) is 1.09. The fourth-order valence-corrected chi connectivity index (χ4v) is 1.43. The molecule has 0 radical (unpaired) electrons. The Bertz CT molecular complexity index is 386. The van der Waals surface area contributed by atoms with Crippen LogP contribution in [-0.4, -0.2) is 20.6 Å². The first-order valence-electron chi connectivity index (χ1n) is 4.44. The molecular weight excluding hydrogens is 254 g/mol. The molecule has 1 rings (SSSR count). The Hall–Kier alpha value is -0.660. The van der Waals surface area contributed by atoms with E-state index in [1.807, 2.05) is 0 Å². The van der Waals surface area contributed by atoms with Crippen molar-refractivity contribution < 1.29 is 18.1 Å². The molecular formula is C9H11ClNO4S-. The minimum Gasteiger partial charge on any atom is -0.750 e. The van der Waals surface area contributed by atoms with Gasteiger partial charge in [-0.3, -0.25) is 4.18 Å². The predicted octanol–water partition coefficient (Wildman–Crippen LogP) is 1.57. The maximum absolute atomic E-state index is 10.1. The molecule has 0 amide bonds. The van der Waals surface area contributed by atoms with Crippen molar-refractivity contribution >= 4 is 28.6 Å². The summed E-state index contributed by atoms with van der Waals surface area (Å²) in [6, 6.07) is 4.93. The van der Waals surface area contributed by atoms with Crippen molar-refractivity contribution in [3.8, 4) is 0 Å². The van der Waals surface area contributed by atoms with Crippen LogP contribution < -0.4 is 5.32 Å². The van der Waals surface area contributed by atoms with Gasteiger partial charge in [0.05, 0.1) is 28.2 Å². The molecule has 7 heteroatoms. The third-order valence-electron chi connectivity index (χ3n) is 1.89. The Morgan fingerprint density at radius 3 is 2.94 bits per heavy atom. The second-order valence-corrected chi connectivity index (χ2v) is 4.11. The highest BCUT2D eigenvalue weighted by molar-refractivity contribution is 7.74. The van der Waals surface area contributed by atoms with E-state index in [0.717, 1.165) is 0 Å². The van der Waals surface area contributed by atoms with Crippen molar-refractivity contribution in [1.29, 1.82) is 0 Å². The zero-order valence-electron chi connectivity index (χ0n) is 8.47. The van der Waals surface area contributed by atoms with E-state index in [-0.39, 0.29) is 6.73 Å². The number of nitrogens with one attached hydrogen (secondary N) is 1. The summed E-state index contributed by atoms with van der Waals surface area (Å²) in [4.78, 5) is 0. The van der Waals surface area contributed by atoms with Crippen molar-refractivity contribution in [2.45, 2.75) is 13.0 Å². The maximum Gasteiger partial charge on any atom is 0.132 e. The maximum atomic E-state index is 10.1. The van der Waals surface area contributed by atoms with Crippen LogP contribution in [0.1, 0.15) is 18.6 Å². The van der Waals surface area contributed by atoms with Gasteiger partial charge in [-0.2, -0.15) is 0 Å². The molecule has 2 N–H and O–H groups in total. The standard InChI is InChI=1S/C9H12ClNO4S/c1-6(12)7-2-3-8(10)9(4-7)11-5-15-16(13)14/h2-4,6,11-12H,5H2,1H3,(H,13,14)/p-1/t6-/m1/s1. The van der Waals surface area contributed by atoms with Crippen LogP contribution in [0.15, 0.2) is 18.2 Å². The lowest BCUT2D eigenvalue weighted by atomic mass is 10.1. The number of rotatable bonds is 5. The molecule has 16 heavy (non-hydrogen) atoms. The largest absolute Gasteiger partial charge is 0.750 e. The Kier molecular flexibility index (Phi) is 5.17. The monoisotopic (exact) mass is 264 g/mol. The smallest absolute Gasteiger partial charge is 0.132 e.